The lowest BCUT2D eigenvalue weighted by Gasteiger charge is -2.18. The number of nitriles is 1. The molecule has 0 saturated heterocycles. The van der Waals surface area contributed by atoms with E-state index in [4.69, 9.17) is 10.00 Å². The lowest BCUT2D eigenvalue weighted by molar-refractivity contribution is -0.108. The van der Waals surface area contributed by atoms with Gasteiger partial charge in [-0.2, -0.15) is 5.26 Å². The van der Waals surface area contributed by atoms with E-state index < -0.39 is 0 Å². The average molecular weight is 232 g/mol. The highest BCUT2D eigenvalue weighted by Crippen LogP contribution is 2.30. The van der Waals surface area contributed by atoms with Crippen LogP contribution in [0.15, 0.2) is 12.1 Å². The van der Waals surface area contributed by atoms with Crippen molar-refractivity contribution in [2.45, 2.75) is 13.3 Å². The molecule has 0 aliphatic heterocycles. The van der Waals surface area contributed by atoms with E-state index in [0.29, 0.717) is 24.3 Å². The van der Waals surface area contributed by atoms with Gasteiger partial charge in [0.15, 0.2) is 0 Å². The summed E-state index contributed by atoms with van der Waals surface area (Å²) in [6.07, 6.45) is 1.19. The largest absolute Gasteiger partial charge is 0.491 e. The van der Waals surface area contributed by atoms with Crippen LogP contribution in [0, 0.1) is 18.3 Å². The number of benzene rings is 1. The first-order valence-corrected chi connectivity index (χ1v) is 5.38. The van der Waals surface area contributed by atoms with Crippen molar-refractivity contribution in [3.05, 3.63) is 23.3 Å². The van der Waals surface area contributed by atoms with Gasteiger partial charge in [-0.25, -0.2) is 0 Å². The molecule has 0 N–H and O–H groups in total. The first-order chi connectivity index (χ1) is 8.10. The van der Waals surface area contributed by atoms with Crippen LogP contribution in [0.2, 0.25) is 0 Å². The van der Waals surface area contributed by atoms with E-state index in [1.165, 1.54) is 0 Å². The summed E-state index contributed by atoms with van der Waals surface area (Å²) < 4.78 is 5.54. The van der Waals surface area contributed by atoms with Gasteiger partial charge in [0.05, 0.1) is 23.9 Å². The first-order valence-electron chi connectivity index (χ1n) is 5.38. The van der Waals surface area contributed by atoms with Crippen molar-refractivity contribution in [1.82, 2.24) is 0 Å². The van der Waals surface area contributed by atoms with Gasteiger partial charge in [-0.05, 0) is 24.6 Å². The molecule has 0 aromatic heterocycles. The maximum atomic E-state index is 10.2. The zero-order valence-electron chi connectivity index (χ0n) is 10.4. The normalized spacial score (nSPS) is 9.53. The van der Waals surface area contributed by atoms with E-state index in [0.717, 1.165) is 17.5 Å². The molecule has 0 aliphatic rings. The fourth-order valence-corrected chi connectivity index (χ4v) is 1.47. The Morgan fingerprint density at radius 2 is 2.18 bits per heavy atom. The van der Waals surface area contributed by atoms with Crippen LogP contribution in [0.25, 0.3) is 0 Å². The van der Waals surface area contributed by atoms with E-state index in [2.05, 4.69) is 6.07 Å². The summed E-state index contributed by atoms with van der Waals surface area (Å²) in [4.78, 5) is 12.1. The Balaban J connectivity index is 3.06. The number of carbonyl (C=O) groups is 1. The third-order valence-electron chi connectivity index (χ3n) is 2.40. The minimum Gasteiger partial charge on any atom is -0.491 e. The molecule has 0 aliphatic carbocycles. The van der Waals surface area contributed by atoms with E-state index >= 15 is 0 Å². The zero-order valence-corrected chi connectivity index (χ0v) is 10.4. The standard InChI is InChI=1S/C13H16N2O2/c1-10-7-13(17-6-4-5-16)12(15(2)3)8-11(10)9-14/h5,7-8H,4,6H2,1-3H3. The van der Waals surface area contributed by atoms with Crippen molar-refractivity contribution in [2.75, 3.05) is 25.6 Å². The quantitative estimate of drug-likeness (QED) is 0.574. The molecule has 4 heteroatoms. The van der Waals surface area contributed by atoms with E-state index in [1.807, 2.05) is 32.0 Å². The molecular formula is C13H16N2O2. The fourth-order valence-electron chi connectivity index (χ4n) is 1.47. The van der Waals surface area contributed by atoms with Gasteiger partial charge in [0.1, 0.15) is 12.0 Å². The van der Waals surface area contributed by atoms with Crippen molar-refractivity contribution in [3.63, 3.8) is 0 Å². The number of carbonyl (C=O) groups excluding carboxylic acids is 1. The topological polar surface area (TPSA) is 53.3 Å². The van der Waals surface area contributed by atoms with Crippen molar-refractivity contribution in [2.24, 2.45) is 0 Å². The number of ether oxygens (including phenoxy) is 1. The molecule has 4 nitrogen and oxygen atoms in total. The number of aldehydes is 1. The number of hydrogen-bond acceptors (Lipinski definition) is 4. The Hall–Kier alpha value is -2.02. The van der Waals surface area contributed by atoms with Crippen LogP contribution < -0.4 is 9.64 Å². The van der Waals surface area contributed by atoms with Gasteiger partial charge in [0.2, 0.25) is 0 Å². The van der Waals surface area contributed by atoms with Crippen LogP contribution in [0.5, 0.6) is 5.75 Å². The maximum absolute atomic E-state index is 10.2. The van der Waals surface area contributed by atoms with Crippen molar-refractivity contribution in [1.29, 1.82) is 5.26 Å². The second kappa shape index (κ2) is 5.90. The van der Waals surface area contributed by atoms with Crippen molar-refractivity contribution in [3.8, 4) is 11.8 Å². The number of hydrogen-bond donors (Lipinski definition) is 0. The van der Waals surface area contributed by atoms with Crippen molar-refractivity contribution < 1.29 is 9.53 Å². The summed E-state index contributed by atoms with van der Waals surface area (Å²) in [5, 5.41) is 8.97. The molecule has 0 unspecified atom stereocenters. The number of aryl methyl sites for hydroxylation is 1. The second-order valence-electron chi connectivity index (χ2n) is 3.94. The third kappa shape index (κ3) is 3.22. The molecule has 0 heterocycles. The Morgan fingerprint density at radius 1 is 1.47 bits per heavy atom. The molecule has 1 aromatic rings. The minimum atomic E-state index is 0.357. The predicted molar refractivity (Wildman–Crippen MR) is 66.4 cm³/mol. The molecule has 0 fully saturated rings. The number of nitrogens with zero attached hydrogens (tertiary/aromatic N) is 2. The molecule has 0 bridgehead atoms. The lowest BCUT2D eigenvalue weighted by Crippen LogP contribution is -2.12. The molecule has 0 amide bonds. The van der Waals surface area contributed by atoms with Gasteiger partial charge in [0.25, 0.3) is 0 Å². The van der Waals surface area contributed by atoms with Crippen LogP contribution in [-0.4, -0.2) is 27.0 Å². The Bertz CT molecular complexity index is 447. The summed E-state index contributed by atoms with van der Waals surface area (Å²) in [6.45, 7) is 2.22. The molecule has 1 rings (SSSR count). The molecule has 0 saturated carbocycles. The van der Waals surface area contributed by atoms with Gasteiger partial charge >= 0.3 is 0 Å². The van der Waals surface area contributed by atoms with Gasteiger partial charge in [0, 0.05) is 20.5 Å². The lowest BCUT2D eigenvalue weighted by atomic mass is 10.1. The Morgan fingerprint density at radius 3 is 2.71 bits per heavy atom. The highest BCUT2D eigenvalue weighted by Gasteiger charge is 2.10. The smallest absolute Gasteiger partial charge is 0.142 e. The van der Waals surface area contributed by atoms with E-state index in [9.17, 15) is 4.79 Å². The Kier molecular flexibility index (Phi) is 4.53. The van der Waals surface area contributed by atoms with Crippen LogP contribution in [0.3, 0.4) is 0 Å². The monoisotopic (exact) mass is 232 g/mol. The van der Waals surface area contributed by atoms with Gasteiger partial charge in [-0.15, -0.1) is 0 Å². The third-order valence-corrected chi connectivity index (χ3v) is 2.40. The summed E-state index contributed by atoms with van der Waals surface area (Å²) in [7, 11) is 3.77. The van der Waals surface area contributed by atoms with Gasteiger partial charge in [-0.3, -0.25) is 0 Å². The predicted octanol–water partition coefficient (Wildman–Crippen LogP) is 1.90. The van der Waals surface area contributed by atoms with E-state index in [-0.39, 0.29) is 0 Å². The van der Waals surface area contributed by atoms with Crippen LogP contribution in [0.1, 0.15) is 17.5 Å². The highest BCUT2D eigenvalue weighted by atomic mass is 16.5. The molecule has 0 spiro atoms. The Labute approximate surface area is 101 Å². The van der Waals surface area contributed by atoms with Crippen LogP contribution >= 0.6 is 0 Å². The van der Waals surface area contributed by atoms with Crippen LogP contribution in [-0.2, 0) is 4.79 Å². The summed E-state index contributed by atoms with van der Waals surface area (Å²) in [5.74, 6) is 0.702. The van der Waals surface area contributed by atoms with Gasteiger partial charge < -0.3 is 14.4 Å². The second-order valence-corrected chi connectivity index (χ2v) is 3.94. The fraction of sp³-hybridized carbons (Fsp3) is 0.385. The van der Waals surface area contributed by atoms with Gasteiger partial charge in [-0.1, -0.05) is 0 Å². The van der Waals surface area contributed by atoms with E-state index in [1.54, 1.807) is 6.07 Å². The molecular weight excluding hydrogens is 216 g/mol. The highest BCUT2D eigenvalue weighted by molar-refractivity contribution is 5.63. The molecule has 17 heavy (non-hydrogen) atoms. The zero-order chi connectivity index (χ0) is 12.8. The number of anilines is 1. The molecule has 1 aromatic carbocycles. The maximum Gasteiger partial charge on any atom is 0.142 e. The SMILES string of the molecule is Cc1cc(OCCC=O)c(N(C)C)cc1C#N. The molecule has 0 radical (unpaired) electrons. The summed E-state index contributed by atoms with van der Waals surface area (Å²) in [6, 6.07) is 5.78. The van der Waals surface area contributed by atoms with Crippen molar-refractivity contribution >= 4 is 12.0 Å². The number of rotatable bonds is 5. The van der Waals surface area contributed by atoms with Crippen LogP contribution in [0.4, 0.5) is 5.69 Å². The summed E-state index contributed by atoms with van der Waals surface area (Å²) >= 11 is 0. The summed E-state index contributed by atoms with van der Waals surface area (Å²) in [5.41, 5.74) is 2.36. The molecule has 0 atom stereocenters. The molecule has 90 valence electrons. The average Bonchev–Trinajstić information content (AvgIpc) is 2.29. The first kappa shape index (κ1) is 13.0. The minimum absolute atomic E-state index is 0.357.